The smallest absolute Gasteiger partial charge is 0.378 e. The van der Waals surface area contributed by atoms with Gasteiger partial charge in [-0.3, -0.25) is 4.52 Å². The molecule has 0 spiro atoms. The van der Waals surface area contributed by atoms with Crippen molar-refractivity contribution in [2.45, 2.75) is 6.61 Å². The Morgan fingerprint density at radius 3 is 3.00 bits per heavy atom. The average molecular weight is 202 g/mol. The molecule has 1 N–H and O–H groups in total. The normalized spacial score (nSPS) is 27.4. The van der Waals surface area contributed by atoms with Crippen molar-refractivity contribution in [3.05, 3.63) is 29.8 Å². The minimum atomic E-state index is -2.99. The second kappa shape index (κ2) is 2.82. The fraction of sp³-hybridized carbons (Fsp3) is 0.143. The number of para-hydroxylation sites is 1. The summed E-state index contributed by atoms with van der Waals surface area (Å²) in [6.45, 7) is -2.65. The Balaban J connectivity index is 2.42. The topological polar surface area (TPSA) is 38.7 Å². The molecule has 2 rings (SSSR count). The summed E-state index contributed by atoms with van der Waals surface area (Å²) >= 11 is 4.69. The molecule has 64 valence electrons. The second-order valence-corrected chi connectivity index (χ2v) is 5.20. The zero-order valence-electron chi connectivity index (χ0n) is 6.14. The van der Waals surface area contributed by atoms with Gasteiger partial charge in [0.15, 0.2) is 0 Å². The van der Waals surface area contributed by atoms with Gasteiger partial charge in [-0.2, -0.15) is 0 Å². The summed E-state index contributed by atoms with van der Waals surface area (Å²) in [4.78, 5) is 9.30. The molecule has 12 heavy (non-hydrogen) atoms. The van der Waals surface area contributed by atoms with E-state index < -0.39 is 6.72 Å². The van der Waals surface area contributed by atoms with Gasteiger partial charge in [0.1, 0.15) is 5.75 Å². The molecule has 3 nitrogen and oxygen atoms in total. The maximum Gasteiger partial charge on any atom is 0.378 e. The molecule has 0 aromatic heterocycles. The Hall–Kier alpha value is -0.410. The van der Waals surface area contributed by atoms with Gasteiger partial charge in [0.05, 0.1) is 6.61 Å². The third-order valence-corrected chi connectivity index (χ3v) is 2.99. The highest BCUT2D eigenvalue weighted by atomic mass is 32.5. The lowest BCUT2D eigenvalue weighted by Crippen LogP contribution is -2.05. The molecule has 0 aliphatic carbocycles. The van der Waals surface area contributed by atoms with Crippen LogP contribution in [0.5, 0.6) is 5.75 Å². The molecule has 0 saturated heterocycles. The van der Waals surface area contributed by atoms with Crippen LogP contribution in [0.25, 0.3) is 0 Å². The Kier molecular flexibility index (Phi) is 1.93. The Morgan fingerprint density at radius 1 is 1.42 bits per heavy atom. The Morgan fingerprint density at radius 2 is 2.17 bits per heavy atom. The Labute approximate surface area is 75.2 Å². The van der Waals surface area contributed by atoms with Crippen LogP contribution >= 0.6 is 6.72 Å². The molecule has 1 aromatic carbocycles. The highest BCUT2D eigenvalue weighted by molar-refractivity contribution is 8.07. The van der Waals surface area contributed by atoms with Gasteiger partial charge >= 0.3 is 6.72 Å². The summed E-state index contributed by atoms with van der Waals surface area (Å²) in [5, 5.41) is 0. The Bertz CT molecular complexity index is 352. The van der Waals surface area contributed by atoms with E-state index in [2.05, 4.69) is 0 Å². The zero-order chi connectivity index (χ0) is 8.60. The van der Waals surface area contributed by atoms with Crippen molar-refractivity contribution < 1.29 is 13.9 Å². The molecule has 1 heterocycles. The largest absolute Gasteiger partial charge is 0.424 e. The summed E-state index contributed by atoms with van der Waals surface area (Å²) in [5.74, 6) is 0.634. The van der Waals surface area contributed by atoms with Crippen molar-refractivity contribution in [3.63, 3.8) is 0 Å². The van der Waals surface area contributed by atoms with Crippen LogP contribution in [0.4, 0.5) is 0 Å². The molecular formula is C7H7O3PS. The molecule has 0 amide bonds. The fourth-order valence-electron chi connectivity index (χ4n) is 1.01. The summed E-state index contributed by atoms with van der Waals surface area (Å²) < 4.78 is 10.0. The molecule has 0 saturated carbocycles. The van der Waals surface area contributed by atoms with E-state index in [9.17, 15) is 4.89 Å². The lowest BCUT2D eigenvalue weighted by Gasteiger charge is -2.23. The number of benzene rings is 1. The van der Waals surface area contributed by atoms with Crippen LogP contribution < -0.4 is 4.52 Å². The number of rotatable bonds is 0. The van der Waals surface area contributed by atoms with Gasteiger partial charge in [-0.05, 0) is 6.07 Å². The molecule has 1 aliphatic rings. The molecule has 0 fully saturated rings. The van der Waals surface area contributed by atoms with Crippen LogP contribution in [-0.2, 0) is 22.9 Å². The third-order valence-electron chi connectivity index (χ3n) is 1.57. The van der Waals surface area contributed by atoms with Crippen molar-refractivity contribution in [1.82, 2.24) is 0 Å². The van der Waals surface area contributed by atoms with Crippen LogP contribution in [0.2, 0.25) is 0 Å². The van der Waals surface area contributed by atoms with Gasteiger partial charge in [-0.15, -0.1) is 0 Å². The first-order chi connectivity index (χ1) is 5.67. The van der Waals surface area contributed by atoms with E-state index in [0.29, 0.717) is 12.4 Å². The zero-order valence-corrected chi connectivity index (χ0v) is 7.85. The number of hydrogen-bond donors (Lipinski definition) is 1. The van der Waals surface area contributed by atoms with Gasteiger partial charge in [0.25, 0.3) is 0 Å². The van der Waals surface area contributed by atoms with Gasteiger partial charge in [-0.25, -0.2) is 0 Å². The van der Waals surface area contributed by atoms with E-state index in [1.54, 1.807) is 6.07 Å². The van der Waals surface area contributed by atoms with Crippen molar-refractivity contribution in [1.29, 1.82) is 0 Å². The molecule has 5 heteroatoms. The van der Waals surface area contributed by atoms with Crippen molar-refractivity contribution in [3.8, 4) is 5.75 Å². The highest BCUT2D eigenvalue weighted by Gasteiger charge is 2.24. The minimum absolute atomic E-state index is 0.337. The van der Waals surface area contributed by atoms with Crippen LogP contribution in [0.1, 0.15) is 5.56 Å². The van der Waals surface area contributed by atoms with Gasteiger partial charge < -0.3 is 9.42 Å². The lowest BCUT2D eigenvalue weighted by atomic mass is 10.2. The maximum atomic E-state index is 9.30. The molecule has 0 bridgehead atoms. The second-order valence-electron chi connectivity index (χ2n) is 2.44. The third kappa shape index (κ3) is 1.52. The first kappa shape index (κ1) is 8.20. The molecule has 0 unspecified atom stereocenters. The SMILES string of the molecule is O[P@]1(=S)OCc2ccccc2O1. The van der Waals surface area contributed by atoms with Crippen LogP contribution in [-0.4, -0.2) is 4.89 Å². The fourth-order valence-corrected chi connectivity index (χ4v) is 2.19. The lowest BCUT2D eigenvalue weighted by molar-refractivity contribution is 0.225. The number of fused-ring (bicyclic) bond motifs is 1. The van der Waals surface area contributed by atoms with Gasteiger partial charge in [-0.1, -0.05) is 18.2 Å². The summed E-state index contributed by atoms with van der Waals surface area (Å²) in [6.07, 6.45) is 0. The van der Waals surface area contributed by atoms with Crippen molar-refractivity contribution >= 4 is 18.5 Å². The van der Waals surface area contributed by atoms with Crippen LogP contribution in [0.15, 0.2) is 24.3 Å². The van der Waals surface area contributed by atoms with Gasteiger partial charge in [0, 0.05) is 17.4 Å². The highest BCUT2D eigenvalue weighted by Crippen LogP contribution is 2.49. The number of hydrogen-bond acceptors (Lipinski definition) is 3. The van der Waals surface area contributed by atoms with Crippen molar-refractivity contribution in [2.24, 2.45) is 0 Å². The van der Waals surface area contributed by atoms with E-state index in [1.807, 2.05) is 18.2 Å². The van der Waals surface area contributed by atoms with E-state index in [-0.39, 0.29) is 0 Å². The molecule has 1 atom stereocenters. The summed E-state index contributed by atoms with van der Waals surface area (Å²) in [6, 6.07) is 7.37. The quantitative estimate of drug-likeness (QED) is 0.651. The van der Waals surface area contributed by atoms with Gasteiger partial charge in [0.2, 0.25) is 0 Å². The molecular weight excluding hydrogens is 195 g/mol. The predicted octanol–water partition coefficient (Wildman–Crippen LogP) is 1.81. The standard InChI is InChI=1S/C7H7O3PS/c8-11(12)9-5-6-3-1-2-4-7(6)10-11/h1-4H,5H2,(H,8,12)/t11-/m0/s1. The maximum absolute atomic E-state index is 9.30. The van der Waals surface area contributed by atoms with Crippen LogP contribution in [0.3, 0.4) is 0 Å². The summed E-state index contributed by atoms with van der Waals surface area (Å²) in [5.41, 5.74) is 0.923. The van der Waals surface area contributed by atoms with E-state index in [1.165, 1.54) is 0 Å². The average Bonchev–Trinajstić information content (AvgIpc) is 2.02. The first-order valence-corrected chi connectivity index (χ1v) is 6.01. The predicted molar refractivity (Wildman–Crippen MR) is 48.4 cm³/mol. The molecule has 0 radical (unpaired) electrons. The van der Waals surface area contributed by atoms with Crippen molar-refractivity contribution in [2.75, 3.05) is 0 Å². The minimum Gasteiger partial charge on any atom is -0.424 e. The van der Waals surface area contributed by atoms with E-state index in [0.717, 1.165) is 5.56 Å². The monoisotopic (exact) mass is 202 g/mol. The molecule has 1 aliphatic heterocycles. The molecule has 1 aromatic rings. The first-order valence-electron chi connectivity index (χ1n) is 3.42. The van der Waals surface area contributed by atoms with Crippen LogP contribution in [0, 0.1) is 0 Å². The van der Waals surface area contributed by atoms with E-state index in [4.69, 9.17) is 20.9 Å². The van der Waals surface area contributed by atoms with E-state index >= 15 is 0 Å². The summed E-state index contributed by atoms with van der Waals surface area (Å²) in [7, 11) is 0.